The molecular formula is C27H23NO4. The lowest BCUT2D eigenvalue weighted by Crippen LogP contribution is -2.07. The van der Waals surface area contributed by atoms with Gasteiger partial charge in [0.05, 0.1) is 24.7 Å². The number of hydrogen-bond donors (Lipinski definition) is 1. The van der Waals surface area contributed by atoms with Crippen molar-refractivity contribution in [3.63, 3.8) is 0 Å². The molecule has 3 aromatic rings. The number of carboxylic acid groups (broad SMARTS) is 1. The van der Waals surface area contributed by atoms with E-state index in [4.69, 9.17) is 14.6 Å². The van der Waals surface area contributed by atoms with Crippen molar-refractivity contribution in [2.24, 2.45) is 0 Å². The van der Waals surface area contributed by atoms with Crippen LogP contribution in [-0.4, -0.2) is 17.7 Å². The van der Waals surface area contributed by atoms with Crippen molar-refractivity contribution >= 4 is 5.97 Å². The Morgan fingerprint density at radius 3 is 2.72 bits per heavy atom. The number of carbonyl (C=O) groups is 1. The standard InChI is InChI=1S/C27H23NO4/c28-15-18-6-8-23-22(24(18)12-17-4-2-1-3-5-17)10-11-25(23)32-20-7-9-21-19(13-27(29)30)16-31-26(21)14-20/h1-9,14,19,25H,10-13,16H2,(H,29,30)/t19-,25-/m1/s1. The lowest BCUT2D eigenvalue weighted by molar-refractivity contribution is -0.137. The smallest absolute Gasteiger partial charge is 0.304 e. The first kappa shape index (κ1) is 20.1. The highest BCUT2D eigenvalue weighted by Crippen LogP contribution is 2.42. The number of aliphatic carboxylic acids is 1. The van der Waals surface area contributed by atoms with Crippen molar-refractivity contribution < 1.29 is 19.4 Å². The Bertz CT molecular complexity index is 1210. The summed E-state index contributed by atoms with van der Waals surface area (Å²) in [7, 11) is 0. The number of hydrogen-bond acceptors (Lipinski definition) is 4. The van der Waals surface area contributed by atoms with Gasteiger partial charge in [0.15, 0.2) is 0 Å². The molecule has 0 amide bonds. The zero-order valence-corrected chi connectivity index (χ0v) is 17.6. The minimum Gasteiger partial charge on any atom is -0.492 e. The second-order valence-electron chi connectivity index (χ2n) is 8.38. The van der Waals surface area contributed by atoms with Crippen LogP contribution >= 0.6 is 0 Å². The first-order valence-electron chi connectivity index (χ1n) is 10.9. The molecule has 160 valence electrons. The van der Waals surface area contributed by atoms with E-state index < -0.39 is 5.97 Å². The molecule has 0 radical (unpaired) electrons. The highest BCUT2D eigenvalue weighted by atomic mass is 16.5. The number of nitrogens with zero attached hydrogens (tertiary/aromatic N) is 1. The van der Waals surface area contributed by atoms with Crippen LogP contribution in [0, 0.1) is 11.3 Å². The maximum atomic E-state index is 11.1. The molecule has 0 saturated heterocycles. The average Bonchev–Trinajstić information content (AvgIpc) is 3.38. The van der Waals surface area contributed by atoms with Crippen LogP contribution in [0.3, 0.4) is 0 Å². The van der Waals surface area contributed by atoms with Crippen LogP contribution in [0.5, 0.6) is 11.5 Å². The molecule has 32 heavy (non-hydrogen) atoms. The Labute approximate surface area is 186 Å². The molecule has 5 nitrogen and oxygen atoms in total. The van der Waals surface area contributed by atoms with Gasteiger partial charge in [-0.05, 0) is 53.6 Å². The van der Waals surface area contributed by atoms with Crippen LogP contribution in [0.15, 0.2) is 60.7 Å². The van der Waals surface area contributed by atoms with E-state index in [0.717, 1.165) is 41.5 Å². The second kappa shape index (κ2) is 8.39. The summed E-state index contributed by atoms with van der Waals surface area (Å²) in [5, 5.41) is 18.8. The normalized spacial score (nSPS) is 18.3. The molecule has 0 saturated carbocycles. The fraction of sp³-hybridized carbons (Fsp3) is 0.259. The predicted octanol–water partition coefficient (Wildman–Crippen LogP) is 5.17. The lowest BCUT2D eigenvalue weighted by atomic mass is 9.92. The first-order chi connectivity index (χ1) is 15.6. The third-order valence-corrected chi connectivity index (χ3v) is 6.38. The third kappa shape index (κ3) is 3.80. The van der Waals surface area contributed by atoms with Gasteiger partial charge >= 0.3 is 5.97 Å². The van der Waals surface area contributed by atoms with Crippen LogP contribution in [-0.2, 0) is 17.6 Å². The van der Waals surface area contributed by atoms with E-state index in [9.17, 15) is 10.1 Å². The second-order valence-corrected chi connectivity index (χ2v) is 8.38. The van der Waals surface area contributed by atoms with Crippen LogP contribution in [0.1, 0.15) is 58.2 Å². The number of ether oxygens (including phenoxy) is 2. The molecule has 1 aliphatic carbocycles. The number of fused-ring (bicyclic) bond motifs is 2. The van der Waals surface area contributed by atoms with Crippen molar-refractivity contribution in [3.8, 4) is 17.6 Å². The number of rotatable bonds is 6. The summed E-state index contributed by atoms with van der Waals surface area (Å²) in [6.07, 6.45) is 2.44. The maximum Gasteiger partial charge on any atom is 0.304 e. The van der Waals surface area contributed by atoms with E-state index in [0.29, 0.717) is 18.1 Å². The molecule has 1 heterocycles. The van der Waals surface area contributed by atoms with Crippen molar-refractivity contribution in [2.75, 3.05) is 6.61 Å². The Morgan fingerprint density at radius 2 is 1.94 bits per heavy atom. The van der Waals surface area contributed by atoms with Crippen molar-refractivity contribution in [1.29, 1.82) is 5.26 Å². The molecule has 1 N–H and O–H groups in total. The zero-order chi connectivity index (χ0) is 22.1. The van der Waals surface area contributed by atoms with E-state index in [2.05, 4.69) is 18.2 Å². The molecule has 1 aliphatic heterocycles. The van der Waals surface area contributed by atoms with E-state index in [1.165, 1.54) is 11.1 Å². The minimum atomic E-state index is -0.822. The van der Waals surface area contributed by atoms with Crippen molar-refractivity contribution in [3.05, 3.63) is 94.0 Å². The predicted molar refractivity (Wildman–Crippen MR) is 119 cm³/mol. The van der Waals surface area contributed by atoms with E-state index in [1.807, 2.05) is 48.5 Å². The fourth-order valence-electron chi connectivity index (χ4n) is 4.84. The largest absolute Gasteiger partial charge is 0.492 e. The first-order valence-corrected chi connectivity index (χ1v) is 10.9. The Hall–Kier alpha value is -3.78. The SMILES string of the molecule is N#Cc1ccc2c(c1Cc1ccccc1)CC[C@H]2Oc1ccc2c(c1)OC[C@H]2CC(=O)O. The average molecular weight is 425 g/mol. The topological polar surface area (TPSA) is 79.5 Å². The van der Waals surface area contributed by atoms with E-state index in [1.54, 1.807) is 0 Å². The highest BCUT2D eigenvalue weighted by Gasteiger charge is 2.30. The Balaban J connectivity index is 1.39. The molecule has 0 unspecified atom stereocenters. The molecule has 2 atom stereocenters. The molecular weight excluding hydrogens is 402 g/mol. The van der Waals surface area contributed by atoms with E-state index >= 15 is 0 Å². The summed E-state index contributed by atoms with van der Waals surface area (Å²) < 4.78 is 12.1. The van der Waals surface area contributed by atoms with Gasteiger partial charge < -0.3 is 14.6 Å². The monoisotopic (exact) mass is 425 g/mol. The van der Waals surface area contributed by atoms with Gasteiger partial charge in [0.25, 0.3) is 0 Å². The van der Waals surface area contributed by atoms with E-state index in [-0.39, 0.29) is 18.4 Å². The van der Waals surface area contributed by atoms with Crippen LogP contribution < -0.4 is 9.47 Å². The van der Waals surface area contributed by atoms with Gasteiger partial charge in [-0.2, -0.15) is 5.26 Å². The Kier molecular flexibility index (Phi) is 5.28. The van der Waals surface area contributed by atoms with Gasteiger partial charge in [-0.25, -0.2) is 0 Å². The van der Waals surface area contributed by atoms with Crippen LogP contribution in [0.2, 0.25) is 0 Å². The highest BCUT2D eigenvalue weighted by molar-refractivity contribution is 5.68. The van der Waals surface area contributed by atoms with Gasteiger partial charge in [-0.15, -0.1) is 0 Å². The molecule has 5 heteroatoms. The van der Waals surface area contributed by atoms with Crippen molar-refractivity contribution in [1.82, 2.24) is 0 Å². The fourth-order valence-corrected chi connectivity index (χ4v) is 4.84. The molecule has 2 aliphatic rings. The van der Waals surface area contributed by atoms with Gasteiger partial charge in [-0.1, -0.05) is 42.5 Å². The number of benzene rings is 3. The minimum absolute atomic E-state index is 0.0641. The summed E-state index contributed by atoms with van der Waals surface area (Å²) in [5.41, 5.74) is 6.29. The molecule has 0 spiro atoms. The molecule has 5 rings (SSSR count). The van der Waals surface area contributed by atoms with Gasteiger partial charge in [0, 0.05) is 17.5 Å². The molecule has 0 bridgehead atoms. The number of carboxylic acids is 1. The third-order valence-electron chi connectivity index (χ3n) is 6.38. The van der Waals surface area contributed by atoms with Crippen LogP contribution in [0.4, 0.5) is 0 Å². The van der Waals surface area contributed by atoms with Gasteiger partial charge in [-0.3, -0.25) is 4.79 Å². The summed E-state index contributed by atoms with van der Waals surface area (Å²) in [5.74, 6) is 0.481. The van der Waals surface area contributed by atoms with Crippen molar-refractivity contribution in [2.45, 2.75) is 37.7 Å². The zero-order valence-electron chi connectivity index (χ0n) is 17.6. The lowest BCUT2D eigenvalue weighted by Gasteiger charge is -2.17. The number of nitriles is 1. The summed E-state index contributed by atoms with van der Waals surface area (Å²) in [6.45, 7) is 0.386. The molecule has 0 aromatic heterocycles. The summed E-state index contributed by atoms with van der Waals surface area (Å²) >= 11 is 0. The quantitative estimate of drug-likeness (QED) is 0.590. The summed E-state index contributed by atoms with van der Waals surface area (Å²) in [6, 6.07) is 22.2. The maximum absolute atomic E-state index is 11.1. The Morgan fingerprint density at radius 1 is 1.12 bits per heavy atom. The molecule has 3 aromatic carbocycles. The molecule has 0 fully saturated rings. The van der Waals surface area contributed by atoms with Gasteiger partial charge in [0.2, 0.25) is 0 Å². The van der Waals surface area contributed by atoms with Crippen LogP contribution in [0.25, 0.3) is 0 Å². The van der Waals surface area contributed by atoms with Gasteiger partial charge in [0.1, 0.15) is 17.6 Å². The summed E-state index contributed by atoms with van der Waals surface area (Å²) in [4.78, 5) is 11.1.